The van der Waals surface area contributed by atoms with Gasteiger partial charge in [-0.3, -0.25) is 0 Å². The van der Waals surface area contributed by atoms with E-state index < -0.39 is 45.0 Å². The molecule has 9 nitrogen and oxygen atoms in total. The van der Waals surface area contributed by atoms with E-state index in [4.69, 9.17) is 14.6 Å². The zero-order valence-corrected chi connectivity index (χ0v) is 9.81. The summed E-state index contributed by atoms with van der Waals surface area (Å²) in [6.07, 6.45) is -2.72. The monoisotopic (exact) mass is 311 g/mol. The average molecular weight is 312 g/mol. The van der Waals surface area contributed by atoms with Crippen LogP contribution in [-0.4, -0.2) is 33.5 Å². The van der Waals surface area contributed by atoms with Crippen LogP contribution < -0.4 is 15.3 Å². The molecule has 0 unspecified atom stereocenters. The van der Waals surface area contributed by atoms with Gasteiger partial charge in [0.2, 0.25) is 0 Å². The fraction of sp³-hybridized carbons (Fsp3) is 0.500. The van der Waals surface area contributed by atoms with Gasteiger partial charge in [-0.25, -0.2) is 4.57 Å². The van der Waals surface area contributed by atoms with Crippen LogP contribution in [0, 0.1) is 0 Å². The number of hydrogen-bond donors (Lipinski definition) is 2. The number of carbonyl (C=O) groups is 3. The van der Waals surface area contributed by atoms with Crippen molar-refractivity contribution in [3.8, 4) is 0 Å². The second kappa shape index (κ2) is 10.1. The number of hydrogen-bond acceptors (Lipinski definition) is 8. The average Bonchev–Trinajstić information content (AvgIpc) is 2.01. The maximum absolute atomic E-state index is 10.1. The molecular formula is C6H6NiO9P-3. The molecule has 0 atom stereocenters. The van der Waals surface area contributed by atoms with Gasteiger partial charge < -0.3 is 39.7 Å². The van der Waals surface area contributed by atoms with E-state index >= 15 is 0 Å². The van der Waals surface area contributed by atoms with Gasteiger partial charge in [-0.2, -0.15) is 0 Å². The van der Waals surface area contributed by atoms with E-state index in [2.05, 4.69) is 0 Å². The van der Waals surface area contributed by atoms with Crippen molar-refractivity contribution in [3.63, 3.8) is 0 Å². The number of carboxylic acid groups (broad SMARTS) is 3. The quantitative estimate of drug-likeness (QED) is 0.371. The van der Waals surface area contributed by atoms with E-state index in [0.717, 1.165) is 0 Å². The number of aliphatic hydroxyl groups is 1. The summed E-state index contributed by atoms with van der Waals surface area (Å²) >= 11 is 0. The van der Waals surface area contributed by atoms with Crippen LogP contribution in [0.1, 0.15) is 12.8 Å². The molecule has 11 heteroatoms. The van der Waals surface area contributed by atoms with Crippen LogP contribution in [0.5, 0.6) is 0 Å². The molecule has 0 aromatic heterocycles. The smallest absolute Gasteiger partial charge is 0.324 e. The van der Waals surface area contributed by atoms with Crippen LogP contribution in [0.15, 0.2) is 0 Å². The number of carboxylic acids is 3. The maximum atomic E-state index is 10.1. The molecule has 0 saturated carbocycles. The molecule has 0 amide bonds. The third-order valence-corrected chi connectivity index (χ3v) is 1.25. The SMILES string of the molecule is O=C([O-])CC(O)(CC(=O)[O-])C(=O)[O-].O=PO.[Ni]. The first-order valence-corrected chi connectivity index (χ1v) is 4.26. The van der Waals surface area contributed by atoms with Crippen molar-refractivity contribution >= 4 is 26.6 Å². The molecule has 0 aliphatic heterocycles. The van der Waals surface area contributed by atoms with Crippen LogP contribution in [0.4, 0.5) is 0 Å². The second-order valence-electron chi connectivity index (χ2n) is 2.50. The Bertz CT molecular complexity index is 275. The first kappa shape index (κ1) is 21.2. The fourth-order valence-electron chi connectivity index (χ4n) is 0.684. The zero-order chi connectivity index (χ0) is 13.4. The third kappa shape index (κ3) is 11.2. The Balaban J connectivity index is -0.000000440. The molecule has 0 saturated heterocycles. The standard InChI is InChI=1S/C6H8O7.Ni.HO2P/c7-3(8)1-6(13,5(11)12)2-4(9)10;;1-3-2/h13H,1-2H2,(H,7,8)(H,9,10)(H,11,12);;(H,1,2)/p-3. The van der Waals surface area contributed by atoms with Gasteiger partial charge >= 0.3 is 8.69 Å². The van der Waals surface area contributed by atoms with E-state index in [9.17, 15) is 29.7 Å². The molecule has 0 aromatic carbocycles. The summed E-state index contributed by atoms with van der Waals surface area (Å²) in [5.41, 5.74) is -2.97. The minimum atomic E-state index is -2.97. The van der Waals surface area contributed by atoms with Crippen LogP contribution >= 0.6 is 8.69 Å². The molecule has 0 bridgehead atoms. The van der Waals surface area contributed by atoms with Crippen molar-refractivity contribution in [2.75, 3.05) is 0 Å². The van der Waals surface area contributed by atoms with Crippen molar-refractivity contribution in [2.45, 2.75) is 18.4 Å². The molecule has 0 aromatic rings. The van der Waals surface area contributed by atoms with E-state index in [1.165, 1.54) is 0 Å². The Morgan fingerprint density at radius 1 is 1.06 bits per heavy atom. The van der Waals surface area contributed by atoms with Crippen LogP contribution in [0.3, 0.4) is 0 Å². The molecule has 17 heavy (non-hydrogen) atoms. The molecule has 0 fully saturated rings. The van der Waals surface area contributed by atoms with Gasteiger partial charge in [0, 0.05) is 41.3 Å². The minimum absolute atomic E-state index is 0. The normalized spacial score (nSPS) is 9.53. The number of carbonyl (C=O) groups excluding carboxylic acids is 3. The first-order chi connectivity index (χ1) is 7.19. The summed E-state index contributed by atoms with van der Waals surface area (Å²) in [6.45, 7) is 0. The number of aliphatic carboxylic acids is 3. The molecule has 0 spiro atoms. The molecule has 2 N–H and O–H groups in total. The Hall–Kier alpha value is -1.08. The Morgan fingerprint density at radius 3 is 1.41 bits per heavy atom. The number of rotatable bonds is 5. The summed E-state index contributed by atoms with van der Waals surface area (Å²) in [6, 6.07) is 0. The van der Waals surface area contributed by atoms with E-state index in [1.807, 2.05) is 0 Å². The summed E-state index contributed by atoms with van der Waals surface area (Å²) in [5, 5.41) is 38.9. The second-order valence-corrected chi connectivity index (χ2v) is 2.66. The largest absolute Gasteiger partial charge is 0.550 e. The van der Waals surface area contributed by atoms with Crippen LogP contribution in [0.2, 0.25) is 0 Å². The van der Waals surface area contributed by atoms with Crippen molar-refractivity contribution in [1.29, 1.82) is 0 Å². The summed E-state index contributed by atoms with van der Waals surface area (Å²) in [5.74, 6) is -5.98. The maximum Gasteiger partial charge on any atom is 0.324 e. The summed E-state index contributed by atoms with van der Waals surface area (Å²) < 4.78 is 8.46. The van der Waals surface area contributed by atoms with Gasteiger partial charge in [-0.15, -0.1) is 0 Å². The predicted octanol–water partition coefficient (Wildman–Crippen LogP) is -5.07. The van der Waals surface area contributed by atoms with Gasteiger partial charge in [0.15, 0.2) is 0 Å². The molecule has 0 rings (SSSR count). The van der Waals surface area contributed by atoms with Gasteiger partial charge in [0.05, 0.1) is 5.97 Å². The first-order valence-electron chi connectivity index (χ1n) is 3.50. The molecule has 0 aliphatic rings. The van der Waals surface area contributed by atoms with Gasteiger partial charge in [0.25, 0.3) is 0 Å². The van der Waals surface area contributed by atoms with E-state index in [-0.39, 0.29) is 16.5 Å². The van der Waals surface area contributed by atoms with Gasteiger partial charge in [-0.05, 0) is 0 Å². The Labute approximate surface area is 106 Å². The molecule has 0 aliphatic carbocycles. The van der Waals surface area contributed by atoms with Crippen LogP contribution in [0.25, 0.3) is 0 Å². The van der Waals surface area contributed by atoms with Crippen molar-refractivity contribution in [3.05, 3.63) is 0 Å². The molecule has 0 radical (unpaired) electrons. The Morgan fingerprint density at radius 2 is 1.29 bits per heavy atom. The predicted molar refractivity (Wildman–Crippen MR) is 39.0 cm³/mol. The summed E-state index contributed by atoms with van der Waals surface area (Å²) in [4.78, 5) is 37.0. The third-order valence-electron chi connectivity index (χ3n) is 1.25. The van der Waals surface area contributed by atoms with Gasteiger partial charge in [-0.1, -0.05) is 0 Å². The Kier molecular flexibility index (Phi) is 12.6. The molecular weight excluding hydrogens is 306 g/mol. The van der Waals surface area contributed by atoms with Crippen molar-refractivity contribution in [1.82, 2.24) is 0 Å². The topological polar surface area (TPSA) is 178 Å². The van der Waals surface area contributed by atoms with Crippen LogP contribution in [-0.2, 0) is 35.4 Å². The minimum Gasteiger partial charge on any atom is -0.550 e. The molecule has 0 heterocycles. The zero-order valence-electron chi connectivity index (χ0n) is 7.93. The molecule has 102 valence electrons. The fourth-order valence-corrected chi connectivity index (χ4v) is 0.684. The summed E-state index contributed by atoms with van der Waals surface area (Å²) in [7, 11) is -0.833. The van der Waals surface area contributed by atoms with Crippen molar-refractivity contribution < 1.29 is 60.8 Å². The van der Waals surface area contributed by atoms with Gasteiger partial charge in [0.1, 0.15) is 5.60 Å². The van der Waals surface area contributed by atoms with E-state index in [0.29, 0.717) is 0 Å². The van der Waals surface area contributed by atoms with Crippen molar-refractivity contribution in [2.24, 2.45) is 0 Å². The van der Waals surface area contributed by atoms with E-state index in [1.54, 1.807) is 0 Å².